The molecule has 0 radical (unpaired) electrons. The van der Waals surface area contributed by atoms with Gasteiger partial charge in [-0.15, -0.1) is 10.2 Å². The van der Waals surface area contributed by atoms with Crippen LogP contribution in [-0.2, 0) is 6.42 Å². The van der Waals surface area contributed by atoms with E-state index in [1.807, 2.05) is 24.3 Å². The van der Waals surface area contributed by atoms with E-state index in [0.717, 1.165) is 40.9 Å². The Morgan fingerprint density at radius 3 is 2.94 bits per heavy atom. The van der Waals surface area contributed by atoms with Crippen LogP contribution < -0.4 is 5.73 Å². The van der Waals surface area contributed by atoms with Gasteiger partial charge in [0.1, 0.15) is 5.82 Å². The van der Waals surface area contributed by atoms with E-state index in [1.165, 1.54) is 0 Å². The molecule has 0 amide bonds. The van der Waals surface area contributed by atoms with Crippen molar-refractivity contribution in [1.29, 1.82) is 0 Å². The molecule has 1 unspecified atom stereocenters. The molecule has 0 saturated heterocycles. The molecule has 2 aromatic rings. The van der Waals surface area contributed by atoms with E-state index in [0.29, 0.717) is 0 Å². The molecule has 1 atom stereocenters. The van der Waals surface area contributed by atoms with Crippen molar-refractivity contribution in [2.45, 2.75) is 25.4 Å². The lowest BCUT2D eigenvalue weighted by Gasteiger charge is -2.22. The first-order chi connectivity index (χ1) is 8.27. The van der Waals surface area contributed by atoms with Gasteiger partial charge in [0.05, 0.1) is 6.17 Å². The van der Waals surface area contributed by atoms with Crippen molar-refractivity contribution < 1.29 is 0 Å². The SMILES string of the molecule is NC1CCCc2nnc(-c3ccccc3Br)n21. The Bertz CT molecular complexity index is 549. The van der Waals surface area contributed by atoms with E-state index in [-0.39, 0.29) is 6.17 Å². The summed E-state index contributed by atoms with van der Waals surface area (Å²) in [5.74, 6) is 1.86. The monoisotopic (exact) mass is 292 g/mol. The van der Waals surface area contributed by atoms with Crippen LogP contribution in [0.15, 0.2) is 28.7 Å². The molecule has 88 valence electrons. The largest absolute Gasteiger partial charge is 0.311 e. The average molecular weight is 293 g/mol. The van der Waals surface area contributed by atoms with Crippen molar-refractivity contribution in [3.8, 4) is 11.4 Å². The predicted molar refractivity (Wildman–Crippen MR) is 69.3 cm³/mol. The summed E-state index contributed by atoms with van der Waals surface area (Å²) in [6.07, 6.45) is 3.04. The van der Waals surface area contributed by atoms with Gasteiger partial charge in [-0.2, -0.15) is 0 Å². The highest BCUT2D eigenvalue weighted by Crippen LogP contribution is 2.31. The van der Waals surface area contributed by atoms with Gasteiger partial charge in [-0.25, -0.2) is 0 Å². The summed E-state index contributed by atoms with van der Waals surface area (Å²) in [5, 5.41) is 8.52. The zero-order chi connectivity index (χ0) is 11.8. The second-order valence-electron chi connectivity index (χ2n) is 4.25. The van der Waals surface area contributed by atoms with Crippen LogP contribution in [0, 0.1) is 0 Å². The molecular formula is C12H13BrN4. The van der Waals surface area contributed by atoms with Crippen molar-refractivity contribution in [2.75, 3.05) is 0 Å². The summed E-state index contributed by atoms with van der Waals surface area (Å²) in [6, 6.07) is 8.02. The highest BCUT2D eigenvalue weighted by atomic mass is 79.9. The van der Waals surface area contributed by atoms with Crippen molar-refractivity contribution in [1.82, 2.24) is 14.8 Å². The lowest BCUT2D eigenvalue weighted by atomic mass is 10.1. The summed E-state index contributed by atoms with van der Waals surface area (Å²) in [6.45, 7) is 0. The first-order valence-corrected chi connectivity index (χ1v) is 6.51. The van der Waals surface area contributed by atoms with E-state index in [2.05, 4.69) is 30.7 Å². The number of nitrogens with zero attached hydrogens (tertiary/aromatic N) is 3. The number of fused-ring (bicyclic) bond motifs is 1. The molecular weight excluding hydrogens is 280 g/mol. The number of rotatable bonds is 1. The minimum Gasteiger partial charge on any atom is -0.311 e. The van der Waals surface area contributed by atoms with E-state index in [1.54, 1.807) is 0 Å². The topological polar surface area (TPSA) is 56.7 Å². The first kappa shape index (κ1) is 10.9. The van der Waals surface area contributed by atoms with Crippen LogP contribution in [0.2, 0.25) is 0 Å². The third-order valence-electron chi connectivity index (χ3n) is 3.11. The molecule has 1 aliphatic heterocycles. The van der Waals surface area contributed by atoms with E-state index < -0.39 is 0 Å². The Labute approximate surface area is 108 Å². The molecule has 1 aromatic heterocycles. The molecule has 5 heteroatoms. The van der Waals surface area contributed by atoms with Gasteiger partial charge in [0.2, 0.25) is 0 Å². The van der Waals surface area contributed by atoms with Crippen molar-refractivity contribution in [3.63, 3.8) is 0 Å². The summed E-state index contributed by atoms with van der Waals surface area (Å²) in [4.78, 5) is 0. The van der Waals surface area contributed by atoms with E-state index in [9.17, 15) is 0 Å². The third kappa shape index (κ3) is 1.79. The molecule has 0 saturated carbocycles. The molecule has 17 heavy (non-hydrogen) atoms. The minimum absolute atomic E-state index is 0.00384. The average Bonchev–Trinajstić information content (AvgIpc) is 2.75. The maximum Gasteiger partial charge on any atom is 0.166 e. The van der Waals surface area contributed by atoms with Gasteiger partial charge in [-0.05, 0) is 18.9 Å². The molecule has 0 fully saturated rings. The normalized spacial score (nSPS) is 19.1. The van der Waals surface area contributed by atoms with Crippen LogP contribution in [0.5, 0.6) is 0 Å². The van der Waals surface area contributed by atoms with Crippen LogP contribution in [0.3, 0.4) is 0 Å². The molecule has 0 aliphatic carbocycles. The fourth-order valence-electron chi connectivity index (χ4n) is 2.27. The summed E-state index contributed by atoms with van der Waals surface area (Å²) in [5.41, 5.74) is 7.19. The second-order valence-corrected chi connectivity index (χ2v) is 5.10. The van der Waals surface area contributed by atoms with Crippen molar-refractivity contribution in [3.05, 3.63) is 34.6 Å². The van der Waals surface area contributed by atoms with E-state index >= 15 is 0 Å². The third-order valence-corrected chi connectivity index (χ3v) is 3.80. The quantitative estimate of drug-likeness (QED) is 0.879. The van der Waals surface area contributed by atoms with Crippen molar-refractivity contribution >= 4 is 15.9 Å². The molecule has 2 N–H and O–H groups in total. The Morgan fingerprint density at radius 1 is 1.29 bits per heavy atom. The van der Waals surface area contributed by atoms with Crippen LogP contribution >= 0.6 is 15.9 Å². The number of halogens is 1. The molecule has 2 heterocycles. The zero-order valence-corrected chi connectivity index (χ0v) is 10.9. The predicted octanol–water partition coefficient (Wildman–Crippen LogP) is 2.50. The molecule has 0 spiro atoms. The van der Waals surface area contributed by atoms with Crippen LogP contribution in [0.1, 0.15) is 24.8 Å². The maximum absolute atomic E-state index is 6.15. The number of hydrogen-bond acceptors (Lipinski definition) is 3. The van der Waals surface area contributed by atoms with Gasteiger partial charge in [0.25, 0.3) is 0 Å². The van der Waals surface area contributed by atoms with E-state index in [4.69, 9.17) is 5.73 Å². The smallest absolute Gasteiger partial charge is 0.166 e. The summed E-state index contributed by atoms with van der Waals surface area (Å²) in [7, 11) is 0. The van der Waals surface area contributed by atoms with Gasteiger partial charge >= 0.3 is 0 Å². The van der Waals surface area contributed by atoms with Gasteiger partial charge in [-0.1, -0.05) is 34.1 Å². The van der Waals surface area contributed by atoms with Crippen LogP contribution in [0.25, 0.3) is 11.4 Å². The van der Waals surface area contributed by atoms with Crippen LogP contribution in [-0.4, -0.2) is 14.8 Å². The lowest BCUT2D eigenvalue weighted by Crippen LogP contribution is -2.25. The molecule has 1 aliphatic rings. The zero-order valence-electron chi connectivity index (χ0n) is 9.31. The molecule has 3 rings (SSSR count). The fraction of sp³-hybridized carbons (Fsp3) is 0.333. The summed E-state index contributed by atoms with van der Waals surface area (Å²) >= 11 is 3.54. The Morgan fingerprint density at radius 2 is 2.12 bits per heavy atom. The first-order valence-electron chi connectivity index (χ1n) is 5.71. The number of aromatic nitrogens is 3. The number of nitrogens with two attached hydrogens (primary N) is 1. The molecule has 0 bridgehead atoms. The summed E-state index contributed by atoms with van der Waals surface area (Å²) < 4.78 is 3.08. The standard InChI is InChI=1S/C12H13BrN4/c13-9-5-2-1-4-8(9)12-16-15-11-7-3-6-10(14)17(11)12/h1-2,4-5,10H,3,6-7,14H2. The fourth-order valence-corrected chi connectivity index (χ4v) is 2.73. The lowest BCUT2D eigenvalue weighted by molar-refractivity contribution is 0.412. The Kier molecular flexibility index (Phi) is 2.72. The highest BCUT2D eigenvalue weighted by molar-refractivity contribution is 9.10. The number of aryl methyl sites for hydroxylation is 1. The van der Waals surface area contributed by atoms with Gasteiger partial charge < -0.3 is 5.73 Å². The molecule has 4 nitrogen and oxygen atoms in total. The highest BCUT2D eigenvalue weighted by Gasteiger charge is 2.23. The second kappa shape index (κ2) is 4.23. The number of hydrogen-bond donors (Lipinski definition) is 1. The van der Waals surface area contributed by atoms with Crippen LogP contribution in [0.4, 0.5) is 0 Å². The maximum atomic E-state index is 6.15. The minimum atomic E-state index is -0.00384. The van der Waals surface area contributed by atoms with Gasteiger partial charge in [0.15, 0.2) is 5.82 Å². The Hall–Kier alpha value is -1.20. The number of benzene rings is 1. The van der Waals surface area contributed by atoms with Gasteiger partial charge in [0, 0.05) is 16.5 Å². The molecule has 1 aromatic carbocycles. The Balaban J connectivity index is 2.17. The van der Waals surface area contributed by atoms with Crippen molar-refractivity contribution in [2.24, 2.45) is 5.73 Å². The van der Waals surface area contributed by atoms with Gasteiger partial charge in [-0.3, -0.25) is 4.57 Å².